The van der Waals surface area contributed by atoms with E-state index >= 15 is 0 Å². The van der Waals surface area contributed by atoms with Crippen LogP contribution in [0.4, 0.5) is 0 Å². The van der Waals surface area contributed by atoms with Crippen LogP contribution in [0.15, 0.2) is 11.6 Å². The Morgan fingerprint density at radius 1 is 1.60 bits per heavy atom. The van der Waals surface area contributed by atoms with Crippen LogP contribution in [-0.4, -0.2) is 11.1 Å². The van der Waals surface area contributed by atoms with Gasteiger partial charge in [-0.1, -0.05) is 18.6 Å². The monoisotopic (exact) mass is 207 g/mol. The third-order valence-electron chi connectivity index (χ3n) is 3.37. The fourth-order valence-electron chi connectivity index (χ4n) is 2.08. The van der Waals surface area contributed by atoms with Crippen molar-refractivity contribution in [3.8, 4) is 6.07 Å². The van der Waals surface area contributed by atoms with Gasteiger partial charge in [0.2, 0.25) is 0 Å². The van der Waals surface area contributed by atoms with Crippen LogP contribution in [0.2, 0.25) is 0 Å². The number of hydrogen-bond acceptors (Lipinski definition) is 2. The van der Waals surface area contributed by atoms with E-state index < -0.39 is 11.4 Å². The molecule has 15 heavy (non-hydrogen) atoms. The van der Waals surface area contributed by atoms with E-state index in [1.54, 1.807) is 0 Å². The average Bonchev–Trinajstić information content (AvgIpc) is 2.72. The van der Waals surface area contributed by atoms with Gasteiger partial charge in [-0.2, -0.15) is 5.26 Å². The molecule has 3 nitrogen and oxygen atoms in total. The van der Waals surface area contributed by atoms with Gasteiger partial charge < -0.3 is 5.11 Å². The quantitative estimate of drug-likeness (QED) is 0.721. The molecular weight excluding hydrogens is 190 g/mol. The molecule has 0 heterocycles. The van der Waals surface area contributed by atoms with Crippen molar-refractivity contribution in [2.45, 2.75) is 40.0 Å². The predicted octanol–water partition coefficient (Wildman–Crippen LogP) is 2.74. The van der Waals surface area contributed by atoms with Crippen LogP contribution in [0.25, 0.3) is 0 Å². The van der Waals surface area contributed by atoms with E-state index in [0.29, 0.717) is 6.42 Å². The summed E-state index contributed by atoms with van der Waals surface area (Å²) in [5.41, 5.74) is -0.223. The van der Waals surface area contributed by atoms with Gasteiger partial charge >= 0.3 is 5.97 Å². The third kappa shape index (κ3) is 1.90. The van der Waals surface area contributed by atoms with Gasteiger partial charge in [0.1, 0.15) is 0 Å². The van der Waals surface area contributed by atoms with Gasteiger partial charge in [0.05, 0.1) is 6.07 Å². The number of rotatable bonds is 4. The summed E-state index contributed by atoms with van der Waals surface area (Å²) in [6, 6.07) is 1.96. The smallest absolute Gasteiger partial charge is 0.324 e. The van der Waals surface area contributed by atoms with Crippen molar-refractivity contribution in [3.63, 3.8) is 0 Å². The summed E-state index contributed by atoms with van der Waals surface area (Å²) >= 11 is 0. The second-order valence-electron chi connectivity index (χ2n) is 4.88. The summed E-state index contributed by atoms with van der Waals surface area (Å²) in [5.74, 6) is -0.968. The highest BCUT2D eigenvalue weighted by molar-refractivity contribution is 5.83. The van der Waals surface area contributed by atoms with Gasteiger partial charge in [-0.25, -0.2) is 0 Å². The van der Waals surface area contributed by atoms with Gasteiger partial charge in [0.25, 0.3) is 0 Å². The highest BCUT2D eigenvalue weighted by Crippen LogP contribution is 2.66. The molecule has 2 atom stereocenters. The first kappa shape index (κ1) is 11.8. The second kappa shape index (κ2) is 3.69. The van der Waals surface area contributed by atoms with E-state index in [4.69, 9.17) is 10.4 Å². The van der Waals surface area contributed by atoms with Crippen LogP contribution in [0, 0.1) is 22.2 Å². The molecule has 1 aliphatic carbocycles. The summed E-state index contributed by atoms with van der Waals surface area (Å²) in [7, 11) is 0. The van der Waals surface area contributed by atoms with Crippen molar-refractivity contribution in [2.75, 3.05) is 0 Å². The van der Waals surface area contributed by atoms with Crippen molar-refractivity contribution in [1.29, 1.82) is 5.26 Å². The summed E-state index contributed by atoms with van der Waals surface area (Å²) in [6.45, 7) is 5.93. The largest absolute Gasteiger partial charge is 0.480 e. The molecule has 1 saturated carbocycles. The summed E-state index contributed by atoms with van der Waals surface area (Å²) in [4.78, 5) is 11.0. The second-order valence-corrected chi connectivity index (χ2v) is 4.88. The van der Waals surface area contributed by atoms with Crippen LogP contribution in [0.1, 0.15) is 40.0 Å². The molecule has 0 aromatic heterocycles. The molecule has 82 valence electrons. The fraction of sp³-hybridized carbons (Fsp3) is 0.667. The molecule has 0 bridgehead atoms. The van der Waals surface area contributed by atoms with E-state index in [0.717, 1.165) is 12.8 Å². The SMILES string of the molecule is CC(C)=CCCC1(C)CC1(C#N)C(=O)O. The van der Waals surface area contributed by atoms with Crippen molar-refractivity contribution in [1.82, 2.24) is 0 Å². The standard InChI is InChI=1S/C12H17NO2/c1-9(2)5-4-6-11(3)7-12(11,8-13)10(14)15/h5H,4,6-7H2,1-3H3,(H,14,15). The van der Waals surface area contributed by atoms with Gasteiger partial charge in [0.15, 0.2) is 5.41 Å². The lowest BCUT2D eigenvalue weighted by molar-refractivity contribution is -0.142. The molecular formula is C12H17NO2. The van der Waals surface area contributed by atoms with Crippen molar-refractivity contribution < 1.29 is 9.90 Å². The van der Waals surface area contributed by atoms with Gasteiger partial charge in [-0.3, -0.25) is 4.79 Å². The Balaban J connectivity index is 2.63. The molecule has 0 amide bonds. The molecule has 0 aromatic rings. The molecule has 1 rings (SSSR count). The highest BCUT2D eigenvalue weighted by atomic mass is 16.4. The van der Waals surface area contributed by atoms with Crippen molar-refractivity contribution in [2.24, 2.45) is 10.8 Å². The number of nitrogens with zero attached hydrogens (tertiary/aromatic N) is 1. The van der Waals surface area contributed by atoms with Gasteiger partial charge in [0, 0.05) is 0 Å². The first-order valence-electron chi connectivity index (χ1n) is 5.16. The number of aliphatic carboxylic acids is 1. The minimum Gasteiger partial charge on any atom is -0.480 e. The highest BCUT2D eigenvalue weighted by Gasteiger charge is 2.70. The zero-order chi connectivity index (χ0) is 11.7. The van der Waals surface area contributed by atoms with Crippen LogP contribution in [0.3, 0.4) is 0 Å². The molecule has 0 saturated heterocycles. The number of carboxylic acids is 1. The first-order chi connectivity index (χ1) is 6.88. The molecule has 0 aromatic carbocycles. The summed E-state index contributed by atoms with van der Waals surface area (Å²) in [5, 5.41) is 17.9. The number of carboxylic acid groups (broad SMARTS) is 1. The average molecular weight is 207 g/mol. The summed E-state index contributed by atoms with van der Waals surface area (Å²) < 4.78 is 0. The molecule has 2 unspecified atom stereocenters. The maximum atomic E-state index is 11.0. The Labute approximate surface area is 90.4 Å². The predicted molar refractivity (Wildman–Crippen MR) is 57.1 cm³/mol. The van der Waals surface area contributed by atoms with Crippen LogP contribution in [0.5, 0.6) is 0 Å². The van der Waals surface area contributed by atoms with Crippen LogP contribution in [-0.2, 0) is 4.79 Å². The van der Waals surface area contributed by atoms with Crippen LogP contribution >= 0.6 is 0 Å². The van der Waals surface area contributed by atoms with E-state index in [-0.39, 0.29) is 5.41 Å². The minimum atomic E-state index is -1.12. The molecule has 0 spiro atoms. The number of nitriles is 1. The molecule has 1 N–H and O–H groups in total. The van der Waals surface area contributed by atoms with Crippen molar-refractivity contribution >= 4 is 5.97 Å². The number of hydrogen-bond donors (Lipinski definition) is 1. The molecule has 3 heteroatoms. The number of carbonyl (C=O) groups is 1. The van der Waals surface area contributed by atoms with Gasteiger partial charge in [-0.15, -0.1) is 0 Å². The lowest BCUT2D eigenvalue weighted by Gasteiger charge is -2.11. The summed E-state index contributed by atoms with van der Waals surface area (Å²) in [6.07, 6.45) is 4.21. The van der Waals surface area contributed by atoms with E-state index in [2.05, 4.69) is 6.08 Å². The maximum Gasteiger partial charge on any atom is 0.324 e. The molecule has 1 aliphatic rings. The topological polar surface area (TPSA) is 61.1 Å². The fourth-order valence-corrected chi connectivity index (χ4v) is 2.08. The Kier molecular flexibility index (Phi) is 2.90. The number of allylic oxidation sites excluding steroid dienone is 2. The van der Waals surface area contributed by atoms with E-state index in [9.17, 15) is 4.79 Å². The first-order valence-corrected chi connectivity index (χ1v) is 5.16. The zero-order valence-electron chi connectivity index (χ0n) is 9.50. The Morgan fingerprint density at radius 2 is 2.20 bits per heavy atom. The Hall–Kier alpha value is -1.30. The van der Waals surface area contributed by atoms with Crippen molar-refractivity contribution in [3.05, 3.63) is 11.6 Å². The lowest BCUT2D eigenvalue weighted by Crippen LogP contribution is -2.20. The van der Waals surface area contributed by atoms with E-state index in [1.165, 1.54) is 5.57 Å². The van der Waals surface area contributed by atoms with E-state index in [1.807, 2.05) is 26.8 Å². The normalized spacial score (nSPS) is 32.9. The third-order valence-corrected chi connectivity index (χ3v) is 3.37. The molecule has 0 aliphatic heterocycles. The lowest BCUT2D eigenvalue weighted by atomic mass is 9.91. The molecule has 1 fully saturated rings. The Morgan fingerprint density at radius 3 is 2.53 bits per heavy atom. The maximum absolute atomic E-state index is 11.0. The van der Waals surface area contributed by atoms with Gasteiger partial charge in [-0.05, 0) is 38.5 Å². The molecule has 0 radical (unpaired) electrons. The zero-order valence-corrected chi connectivity index (χ0v) is 9.50. The minimum absolute atomic E-state index is 0.334. The Bertz CT molecular complexity index is 349. The van der Waals surface area contributed by atoms with Crippen LogP contribution < -0.4 is 0 Å².